The van der Waals surface area contributed by atoms with Crippen molar-refractivity contribution in [1.29, 1.82) is 0 Å². The number of amides is 4. The standard InChI is InChI=1S/C23H38N6O6/c1-23(2,3)35-22(33)29(5)13-12-28(4)21(32)34-14-15-6-8-16(9-7-15)27-18(20(26)31)11-10-17(24)19(25)30/h6-9,17-18,27H,10-14,24H2,1-5H3,(H2,25,30)(H2,26,31)/t17?,18-/m0/s1. The first-order chi connectivity index (χ1) is 16.2. The van der Waals surface area contributed by atoms with Gasteiger partial charge >= 0.3 is 12.2 Å². The molecule has 196 valence electrons. The first-order valence-electron chi connectivity index (χ1n) is 11.2. The number of benzene rings is 1. The van der Waals surface area contributed by atoms with Crippen molar-refractivity contribution in [2.45, 2.75) is 57.9 Å². The molecule has 0 aromatic heterocycles. The molecule has 0 spiro atoms. The van der Waals surface area contributed by atoms with E-state index in [0.29, 0.717) is 5.69 Å². The molecule has 0 heterocycles. The van der Waals surface area contributed by atoms with Crippen LogP contribution in [0.15, 0.2) is 24.3 Å². The molecule has 0 saturated heterocycles. The molecule has 1 aromatic carbocycles. The van der Waals surface area contributed by atoms with E-state index in [2.05, 4.69) is 5.32 Å². The van der Waals surface area contributed by atoms with E-state index >= 15 is 0 Å². The predicted octanol–water partition coefficient (Wildman–Crippen LogP) is 0.981. The summed E-state index contributed by atoms with van der Waals surface area (Å²) in [5.41, 5.74) is 16.9. The second-order valence-electron chi connectivity index (χ2n) is 9.26. The third-order valence-corrected chi connectivity index (χ3v) is 4.92. The number of hydrogen-bond donors (Lipinski definition) is 4. The van der Waals surface area contributed by atoms with E-state index in [1.807, 2.05) is 0 Å². The number of nitrogens with one attached hydrogen (secondary N) is 1. The Labute approximate surface area is 206 Å². The van der Waals surface area contributed by atoms with Crippen LogP contribution in [0.5, 0.6) is 0 Å². The zero-order valence-electron chi connectivity index (χ0n) is 21.1. The molecular weight excluding hydrogens is 456 g/mol. The van der Waals surface area contributed by atoms with Gasteiger partial charge in [-0.05, 0) is 51.3 Å². The summed E-state index contributed by atoms with van der Waals surface area (Å²) >= 11 is 0. The summed E-state index contributed by atoms with van der Waals surface area (Å²) in [6, 6.07) is 5.32. The number of rotatable bonds is 12. The van der Waals surface area contributed by atoms with Crippen molar-refractivity contribution in [2.75, 3.05) is 32.5 Å². The molecule has 0 aliphatic rings. The molecule has 0 aliphatic heterocycles. The predicted molar refractivity (Wildman–Crippen MR) is 131 cm³/mol. The molecule has 0 aliphatic carbocycles. The minimum Gasteiger partial charge on any atom is -0.445 e. The van der Waals surface area contributed by atoms with Crippen molar-refractivity contribution in [1.82, 2.24) is 9.80 Å². The van der Waals surface area contributed by atoms with Gasteiger partial charge in [0.1, 0.15) is 18.2 Å². The Morgan fingerprint density at radius 1 is 0.914 bits per heavy atom. The van der Waals surface area contributed by atoms with Gasteiger partial charge in [0, 0.05) is 32.9 Å². The van der Waals surface area contributed by atoms with E-state index in [0.717, 1.165) is 5.56 Å². The van der Waals surface area contributed by atoms with Crippen molar-refractivity contribution >= 4 is 29.7 Å². The van der Waals surface area contributed by atoms with Crippen LogP contribution < -0.4 is 22.5 Å². The highest BCUT2D eigenvalue weighted by Crippen LogP contribution is 2.14. The molecule has 1 aromatic rings. The number of carbonyl (C=O) groups is 4. The highest BCUT2D eigenvalue weighted by molar-refractivity contribution is 5.83. The zero-order chi connectivity index (χ0) is 26.8. The fourth-order valence-electron chi connectivity index (χ4n) is 2.75. The van der Waals surface area contributed by atoms with Crippen LogP contribution in [0, 0.1) is 0 Å². The molecule has 2 atom stereocenters. The fraction of sp³-hybridized carbons (Fsp3) is 0.565. The van der Waals surface area contributed by atoms with Crippen LogP contribution in [0.2, 0.25) is 0 Å². The zero-order valence-corrected chi connectivity index (χ0v) is 21.1. The summed E-state index contributed by atoms with van der Waals surface area (Å²) in [6.07, 6.45) is -0.550. The van der Waals surface area contributed by atoms with Gasteiger partial charge in [-0.25, -0.2) is 9.59 Å². The highest BCUT2D eigenvalue weighted by Gasteiger charge is 2.21. The number of ether oxygens (including phenoxy) is 2. The molecule has 12 nitrogen and oxygen atoms in total. The molecule has 0 bridgehead atoms. The lowest BCUT2D eigenvalue weighted by Gasteiger charge is -2.26. The van der Waals surface area contributed by atoms with E-state index in [-0.39, 0.29) is 32.5 Å². The van der Waals surface area contributed by atoms with Crippen molar-refractivity contribution < 1.29 is 28.7 Å². The van der Waals surface area contributed by atoms with Gasteiger partial charge in [-0.15, -0.1) is 0 Å². The van der Waals surface area contributed by atoms with Crippen molar-refractivity contribution in [3.8, 4) is 0 Å². The maximum atomic E-state index is 12.3. The number of anilines is 1. The summed E-state index contributed by atoms with van der Waals surface area (Å²) in [6.45, 7) is 5.94. The third-order valence-electron chi connectivity index (χ3n) is 4.92. The molecule has 1 rings (SSSR count). The van der Waals surface area contributed by atoms with Crippen LogP contribution in [-0.2, 0) is 25.7 Å². The maximum absolute atomic E-state index is 12.3. The minimum atomic E-state index is -0.855. The minimum absolute atomic E-state index is 0.0398. The van der Waals surface area contributed by atoms with E-state index in [1.54, 1.807) is 59.1 Å². The van der Waals surface area contributed by atoms with E-state index < -0.39 is 41.7 Å². The summed E-state index contributed by atoms with van der Waals surface area (Å²) in [5.74, 6) is -1.23. The Morgan fingerprint density at radius 3 is 1.94 bits per heavy atom. The van der Waals surface area contributed by atoms with Crippen LogP contribution in [-0.4, -0.2) is 78.7 Å². The maximum Gasteiger partial charge on any atom is 0.410 e. The monoisotopic (exact) mass is 494 g/mol. The Hall–Kier alpha value is -3.54. The number of nitrogens with two attached hydrogens (primary N) is 3. The molecule has 4 amide bonds. The van der Waals surface area contributed by atoms with Gasteiger partial charge < -0.3 is 41.8 Å². The molecule has 35 heavy (non-hydrogen) atoms. The second-order valence-corrected chi connectivity index (χ2v) is 9.26. The summed E-state index contributed by atoms with van der Waals surface area (Å²) < 4.78 is 10.6. The van der Waals surface area contributed by atoms with E-state index in [4.69, 9.17) is 26.7 Å². The average Bonchev–Trinajstić information content (AvgIpc) is 2.77. The lowest BCUT2D eigenvalue weighted by molar-refractivity contribution is -0.121. The number of primary amides is 2. The normalized spacial score (nSPS) is 12.7. The number of carbonyl (C=O) groups excluding carboxylic acids is 4. The van der Waals surface area contributed by atoms with Crippen LogP contribution in [0.3, 0.4) is 0 Å². The quantitative estimate of drug-likeness (QED) is 0.331. The van der Waals surface area contributed by atoms with Gasteiger partial charge in [0.25, 0.3) is 0 Å². The summed E-state index contributed by atoms with van der Waals surface area (Å²) in [5, 5.41) is 2.99. The number of hydrogen-bond acceptors (Lipinski definition) is 8. The molecule has 0 saturated carbocycles. The topological polar surface area (TPSA) is 183 Å². The Balaban J connectivity index is 2.51. The van der Waals surface area contributed by atoms with Crippen LogP contribution in [0.4, 0.5) is 15.3 Å². The van der Waals surface area contributed by atoms with Crippen molar-refractivity contribution in [2.24, 2.45) is 17.2 Å². The Morgan fingerprint density at radius 2 is 1.46 bits per heavy atom. The van der Waals surface area contributed by atoms with Gasteiger partial charge in [0.15, 0.2) is 0 Å². The molecule has 7 N–H and O–H groups in total. The van der Waals surface area contributed by atoms with Gasteiger partial charge in [-0.1, -0.05) is 12.1 Å². The number of likely N-dealkylation sites (N-methyl/N-ethyl adjacent to an activating group) is 2. The second kappa shape index (κ2) is 13.4. The summed E-state index contributed by atoms with van der Waals surface area (Å²) in [7, 11) is 3.17. The van der Waals surface area contributed by atoms with E-state index in [9.17, 15) is 19.2 Å². The summed E-state index contributed by atoms with van der Waals surface area (Å²) in [4.78, 5) is 49.8. The van der Waals surface area contributed by atoms with Gasteiger partial charge in [0.05, 0.1) is 6.04 Å². The Kier molecular flexibility index (Phi) is 11.3. The van der Waals surface area contributed by atoms with Crippen molar-refractivity contribution in [3.63, 3.8) is 0 Å². The highest BCUT2D eigenvalue weighted by atomic mass is 16.6. The average molecular weight is 495 g/mol. The SMILES string of the molecule is CN(CCN(C)C(=O)OC(C)(C)C)C(=O)OCc1ccc(N[C@@H](CCC(N)C(N)=O)C(N)=O)cc1. The molecule has 1 unspecified atom stereocenters. The third kappa shape index (κ3) is 11.4. The lowest BCUT2D eigenvalue weighted by atomic mass is 10.1. The lowest BCUT2D eigenvalue weighted by Crippen LogP contribution is -2.40. The molecule has 0 radical (unpaired) electrons. The first kappa shape index (κ1) is 29.5. The van der Waals surface area contributed by atoms with E-state index in [1.165, 1.54) is 9.80 Å². The first-order valence-corrected chi connectivity index (χ1v) is 11.2. The van der Waals surface area contributed by atoms with Gasteiger partial charge in [0.2, 0.25) is 11.8 Å². The molecular formula is C23H38N6O6. The fourth-order valence-corrected chi connectivity index (χ4v) is 2.75. The molecule has 0 fully saturated rings. The van der Waals surface area contributed by atoms with Crippen LogP contribution in [0.25, 0.3) is 0 Å². The van der Waals surface area contributed by atoms with Crippen LogP contribution >= 0.6 is 0 Å². The molecule has 12 heteroatoms. The number of nitrogens with zero attached hydrogens (tertiary/aromatic N) is 2. The largest absolute Gasteiger partial charge is 0.445 e. The smallest absolute Gasteiger partial charge is 0.410 e. The van der Waals surface area contributed by atoms with Gasteiger partial charge in [-0.3, -0.25) is 9.59 Å². The Bertz CT molecular complexity index is 870. The van der Waals surface area contributed by atoms with Crippen molar-refractivity contribution in [3.05, 3.63) is 29.8 Å². The van der Waals surface area contributed by atoms with Crippen LogP contribution in [0.1, 0.15) is 39.2 Å². The van der Waals surface area contributed by atoms with Gasteiger partial charge in [-0.2, -0.15) is 0 Å².